The van der Waals surface area contributed by atoms with Crippen molar-refractivity contribution < 1.29 is 4.79 Å². The van der Waals surface area contributed by atoms with Crippen molar-refractivity contribution in [3.8, 4) is 0 Å². The van der Waals surface area contributed by atoms with Gasteiger partial charge in [-0.05, 0) is 43.3 Å². The molecule has 0 aliphatic rings. The van der Waals surface area contributed by atoms with Crippen LogP contribution in [0.1, 0.15) is 15.9 Å². The molecule has 0 radical (unpaired) electrons. The maximum absolute atomic E-state index is 11.8. The summed E-state index contributed by atoms with van der Waals surface area (Å²) in [5.41, 5.74) is 1.85. The molecule has 2 aromatic rings. The standard InChI is InChI=1S/C15H14ClNOS/c1-11-2-8-14(9-3-11)19-10-17-15(18)12-4-6-13(16)7-5-12/h2-9H,10H2,1H3,(H,17,18). The topological polar surface area (TPSA) is 29.1 Å². The predicted molar refractivity (Wildman–Crippen MR) is 80.8 cm³/mol. The average molecular weight is 292 g/mol. The van der Waals surface area contributed by atoms with Gasteiger partial charge in [0.1, 0.15) is 0 Å². The summed E-state index contributed by atoms with van der Waals surface area (Å²) in [5.74, 6) is 0.459. The van der Waals surface area contributed by atoms with E-state index in [1.807, 2.05) is 0 Å². The summed E-state index contributed by atoms with van der Waals surface area (Å²) >= 11 is 7.37. The van der Waals surface area contributed by atoms with Crippen molar-refractivity contribution >= 4 is 29.3 Å². The van der Waals surface area contributed by atoms with Gasteiger partial charge < -0.3 is 5.32 Å². The highest BCUT2D eigenvalue weighted by Crippen LogP contribution is 2.17. The van der Waals surface area contributed by atoms with E-state index in [2.05, 4.69) is 36.5 Å². The monoisotopic (exact) mass is 291 g/mol. The van der Waals surface area contributed by atoms with Gasteiger partial charge in [0.15, 0.2) is 0 Å². The number of benzene rings is 2. The number of amides is 1. The maximum Gasteiger partial charge on any atom is 0.251 e. The molecule has 2 aromatic carbocycles. The molecule has 0 spiro atoms. The van der Waals surface area contributed by atoms with Gasteiger partial charge >= 0.3 is 0 Å². The van der Waals surface area contributed by atoms with Crippen LogP contribution < -0.4 is 5.32 Å². The minimum Gasteiger partial charge on any atom is -0.343 e. The number of thioether (sulfide) groups is 1. The minimum absolute atomic E-state index is 0.0868. The Morgan fingerprint density at radius 1 is 1.11 bits per heavy atom. The molecule has 2 nitrogen and oxygen atoms in total. The maximum atomic E-state index is 11.8. The second-order valence-electron chi connectivity index (χ2n) is 4.11. The minimum atomic E-state index is -0.0868. The van der Waals surface area contributed by atoms with E-state index >= 15 is 0 Å². The number of rotatable bonds is 4. The number of aryl methyl sites for hydroxylation is 1. The third-order valence-corrected chi connectivity index (χ3v) is 3.75. The molecule has 98 valence electrons. The Kier molecular flexibility index (Phi) is 4.88. The summed E-state index contributed by atoms with van der Waals surface area (Å²) in [4.78, 5) is 13.0. The zero-order valence-corrected chi connectivity index (χ0v) is 12.1. The van der Waals surface area contributed by atoms with Crippen LogP contribution in [-0.2, 0) is 0 Å². The van der Waals surface area contributed by atoms with E-state index in [9.17, 15) is 4.79 Å². The van der Waals surface area contributed by atoms with E-state index in [1.54, 1.807) is 36.0 Å². The lowest BCUT2D eigenvalue weighted by molar-refractivity contribution is 0.0961. The molecule has 19 heavy (non-hydrogen) atoms. The number of nitrogens with one attached hydrogen (secondary N) is 1. The molecule has 0 saturated carbocycles. The van der Waals surface area contributed by atoms with Gasteiger partial charge in [-0.2, -0.15) is 0 Å². The third kappa shape index (κ3) is 4.30. The largest absolute Gasteiger partial charge is 0.343 e. The molecular formula is C15H14ClNOS. The predicted octanol–water partition coefficient (Wildman–Crippen LogP) is 4.13. The molecule has 0 aliphatic carbocycles. The lowest BCUT2D eigenvalue weighted by Crippen LogP contribution is -2.22. The van der Waals surface area contributed by atoms with Crippen molar-refractivity contribution in [3.05, 3.63) is 64.7 Å². The van der Waals surface area contributed by atoms with Crippen LogP contribution in [0.3, 0.4) is 0 Å². The molecule has 1 amide bonds. The second-order valence-corrected chi connectivity index (χ2v) is 5.60. The fourth-order valence-electron chi connectivity index (χ4n) is 1.52. The first-order chi connectivity index (χ1) is 9.15. The molecular weight excluding hydrogens is 278 g/mol. The smallest absolute Gasteiger partial charge is 0.251 e. The molecule has 0 fully saturated rings. The highest BCUT2D eigenvalue weighted by atomic mass is 35.5. The van der Waals surface area contributed by atoms with Crippen LogP contribution in [0.2, 0.25) is 5.02 Å². The molecule has 0 atom stereocenters. The van der Waals surface area contributed by atoms with Gasteiger partial charge in [0.2, 0.25) is 0 Å². The van der Waals surface area contributed by atoms with Crippen molar-refractivity contribution in [2.45, 2.75) is 11.8 Å². The van der Waals surface area contributed by atoms with Gasteiger partial charge in [0, 0.05) is 15.5 Å². The fourth-order valence-corrected chi connectivity index (χ4v) is 2.35. The Morgan fingerprint density at radius 2 is 1.74 bits per heavy atom. The summed E-state index contributed by atoms with van der Waals surface area (Å²) in [5, 5.41) is 3.49. The van der Waals surface area contributed by atoms with Crippen LogP contribution in [0.5, 0.6) is 0 Å². The summed E-state index contributed by atoms with van der Waals surface area (Å²) in [6.07, 6.45) is 0. The lowest BCUT2D eigenvalue weighted by Gasteiger charge is -2.05. The number of carbonyl (C=O) groups is 1. The molecule has 0 saturated heterocycles. The van der Waals surface area contributed by atoms with Gasteiger partial charge in [0.05, 0.1) is 5.88 Å². The van der Waals surface area contributed by atoms with Gasteiger partial charge in [-0.3, -0.25) is 4.79 Å². The Balaban J connectivity index is 1.84. The van der Waals surface area contributed by atoms with Crippen molar-refractivity contribution in [2.75, 3.05) is 5.88 Å². The van der Waals surface area contributed by atoms with Crippen LogP contribution in [-0.4, -0.2) is 11.8 Å². The number of hydrogen-bond acceptors (Lipinski definition) is 2. The molecule has 0 aliphatic heterocycles. The Labute approximate surface area is 122 Å². The van der Waals surface area contributed by atoms with Gasteiger partial charge in [-0.1, -0.05) is 29.3 Å². The van der Waals surface area contributed by atoms with Crippen LogP contribution in [0.25, 0.3) is 0 Å². The number of halogens is 1. The molecule has 2 rings (SSSR count). The van der Waals surface area contributed by atoms with Crippen molar-refractivity contribution in [1.82, 2.24) is 5.32 Å². The number of carbonyl (C=O) groups excluding carboxylic acids is 1. The molecule has 4 heteroatoms. The van der Waals surface area contributed by atoms with E-state index in [4.69, 9.17) is 11.6 Å². The molecule has 0 unspecified atom stereocenters. The first-order valence-corrected chi connectivity index (χ1v) is 7.25. The Morgan fingerprint density at radius 3 is 2.37 bits per heavy atom. The third-order valence-electron chi connectivity index (χ3n) is 2.60. The van der Waals surface area contributed by atoms with Crippen LogP contribution in [0.15, 0.2) is 53.4 Å². The summed E-state index contributed by atoms with van der Waals surface area (Å²) in [7, 11) is 0. The van der Waals surface area contributed by atoms with Gasteiger partial charge in [-0.15, -0.1) is 11.8 Å². The van der Waals surface area contributed by atoms with Crippen LogP contribution in [0.4, 0.5) is 0 Å². The average Bonchev–Trinajstić information content (AvgIpc) is 2.41. The molecule has 0 bridgehead atoms. The molecule has 1 N–H and O–H groups in total. The zero-order chi connectivity index (χ0) is 13.7. The van der Waals surface area contributed by atoms with E-state index in [1.165, 1.54) is 5.56 Å². The van der Waals surface area contributed by atoms with Crippen LogP contribution in [0, 0.1) is 6.92 Å². The molecule has 0 aromatic heterocycles. The fraction of sp³-hybridized carbons (Fsp3) is 0.133. The molecule has 0 heterocycles. The quantitative estimate of drug-likeness (QED) is 0.678. The zero-order valence-electron chi connectivity index (χ0n) is 10.5. The summed E-state index contributed by atoms with van der Waals surface area (Å²) in [6.45, 7) is 2.05. The normalized spacial score (nSPS) is 10.2. The van der Waals surface area contributed by atoms with Gasteiger partial charge in [-0.25, -0.2) is 0 Å². The van der Waals surface area contributed by atoms with E-state index < -0.39 is 0 Å². The van der Waals surface area contributed by atoms with Crippen LogP contribution >= 0.6 is 23.4 Å². The van der Waals surface area contributed by atoms with Crippen molar-refractivity contribution in [2.24, 2.45) is 0 Å². The Bertz CT molecular complexity index is 551. The van der Waals surface area contributed by atoms with E-state index in [0.29, 0.717) is 16.5 Å². The lowest BCUT2D eigenvalue weighted by atomic mass is 10.2. The summed E-state index contributed by atoms with van der Waals surface area (Å²) in [6, 6.07) is 15.1. The van der Waals surface area contributed by atoms with E-state index in [0.717, 1.165) is 4.90 Å². The Hall–Kier alpha value is -1.45. The highest BCUT2D eigenvalue weighted by molar-refractivity contribution is 7.99. The van der Waals surface area contributed by atoms with Gasteiger partial charge in [0.25, 0.3) is 5.91 Å². The highest BCUT2D eigenvalue weighted by Gasteiger charge is 2.04. The van der Waals surface area contributed by atoms with E-state index in [-0.39, 0.29) is 5.91 Å². The number of hydrogen-bond donors (Lipinski definition) is 1. The first kappa shape index (κ1) is 14.0. The summed E-state index contributed by atoms with van der Waals surface area (Å²) < 4.78 is 0. The first-order valence-electron chi connectivity index (χ1n) is 5.88. The second kappa shape index (κ2) is 6.64. The van der Waals surface area contributed by atoms with Crippen molar-refractivity contribution in [3.63, 3.8) is 0 Å². The van der Waals surface area contributed by atoms with Crippen molar-refractivity contribution in [1.29, 1.82) is 0 Å². The SMILES string of the molecule is Cc1ccc(SCNC(=O)c2ccc(Cl)cc2)cc1.